The maximum atomic E-state index is 12.3. The highest BCUT2D eigenvalue weighted by Crippen LogP contribution is 2.29. The van der Waals surface area contributed by atoms with E-state index >= 15 is 0 Å². The van der Waals surface area contributed by atoms with Gasteiger partial charge in [0.2, 0.25) is 0 Å². The highest BCUT2D eigenvalue weighted by Gasteiger charge is 2.20. The minimum Gasteiger partial charge on any atom is -0.336 e. The molecular weight excluding hydrogens is 352 g/mol. The molecule has 25 heavy (non-hydrogen) atoms. The van der Waals surface area contributed by atoms with E-state index in [4.69, 9.17) is 0 Å². The first-order valence-electron chi connectivity index (χ1n) is 9.00. The smallest absolute Gasteiger partial charge is 0.321 e. The van der Waals surface area contributed by atoms with Crippen molar-refractivity contribution in [2.24, 2.45) is 0 Å². The maximum Gasteiger partial charge on any atom is 0.321 e. The largest absolute Gasteiger partial charge is 0.336 e. The molecule has 136 valence electrons. The molecule has 0 aliphatic heterocycles. The molecule has 3 rings (SSSR count). The number of rotatable bonds is 7. The van der Waals surface area contributed by atoms with Crippen LogP contribution in [0.5, 0.6) is 0 Å². The van der Waals surface area contributed by atoms with Crippen LogP contribution in [0.1, 0.15) is 48.9 Å². The minimum atomic E-state index is -0.168. The third-order valence-corrected chi connectivity index (χ3v) is 6.48. The van der Waals surface area contributed by atoms with Crippen molar-refractivity contribution in [3.05, 3.63) is 33.0 Å². The summed E-state index contributed by atoms with van der Waals surface area (Å²) in [5, 5.41) is 10.9. The third kappa shape index (κ3) is 4.59. The van der Waals surface area contributed by atoms with Crippen LogP contribution in [0.3, 0.4) is 0 Å². The van der Waals surface area contributed by atoms with Gasteiger partial charge in [0, 0.05) is 11.4 Å². The number of amides is 2. The number of carbonyl (C=O) groups excluding carboxylic acids is 1. The van der Waals surface area contributed by atoms with Crippen molar-refractivity contribution < 1.29 is 4.79 Å². The third-order valence-electron chi connectivity index (χ3n) is 4.70. The Morgan fingerprint density at radius 2 is 2.12 bits per heavy atom. The Morgan fingerprint density at radius 3 is 2.80 bits per heavy atom. The highest BCUT2D eigenvalue weighted by atomic mass is 32.1. The van der Waals surface area contributed by atoms with Crippen molar-refractivity contribution >= 4 is 33.8 Å². The number of hydrogen-bond acceptors (Lipinski definition) is 5. The topological polar surface area (TPSA) is 57.3 Å². The van der Waals surface area contributed by atoms with Gasteiger partial charge in [-0.3, -0.25) is 10.2 Å². The highest BCUT2D eigenvalue weighted by molar-refractivity contribution is 7.15. The molecule has 2 N–H and O–H groups in total. The normalized spacial score (nSPS) is 15.0. The van der Waals surface area contributed by atoms with Crippen LogP contribution in [0.15, 0.2) is 16.8 Å². The molecule has 0 saturated carbocycles. The Bertz CT molecular complexity index is 656. The summed E-state index contributed by atoms with van der Waals surface area (Å²) in [6.07, 6.45) is 4.57. The molecule has 7 heteroatoms. The monoisotopic (exact) mass is 378 g/mol. The fraction of sp³-hybridized carbons (Fsp3) is 0.556. The molecule has 1 aliphatic rings. The first kappa shape index (κ1) is 18.4. The lowest BCUT2D eigenvalue weighted by atomic mass is 10.0. The Kier molecular flexibility index (Phi) is 6.45. The van der Waals surface area contributed by atoms with E-state index in [2.05, 4.69) is 51.2 Å². The summed E-state index contributed by atoms with van der Waals surface area (Å²) in [7, 11) is 0. The van der Waals surface area contributed by atoms with Gasteiger partial charge in [-0.2, -0.15) is 11.3 Å². The Morgan fingerprint density at radius 1 is 1.32 bits per heavy atom. The second kappa shape index (κ2) is 8.78. The van der Waals surface area contributed by atoms with Crippen LogP contribution >= 0.6 is 22.7 Å². The molecule has 1 atom stereocenters. The molecule has 0 fully saturated rings. The Hall–Kier alpha value is -1.44. The summed E-state index contributed by atoms with van der Waals surface area (Å²) >= 11 is 3.31. The van der Waals surface area contributed by atoms with Gasteiger partial charge in [0.05, 0.1) is 11.7 Å². The van der Waals surface area contributed by atoms with Crippen molar-refractivity contribution in [2.45, 2.75) is 45.6 Å². The SMILES string of the molecule is CCN(CC)C(CNC(=O)Nc1nc2c(s1)CCCC2)c1ccsc1. The summed E-state index contributed by atoms with van der Waals surface area (Å²) in [5.41, 5.74) is 2.43. The number of hydrogen-bond donors (Lipinski definition) is 2. The molecular formula is C18H26N4OS2. The average molecular weight is 379 g/mol. The fourth-order valence-corrected chi connectivity index (χ4v) is 5.07. The van der Waals surface area contributed by atoms with E-state index in [0.717, 1.165) is 31.1 Å². The van der Waals surface area contributed by atoms with E-state index in [0.29, 0.717) is 6.54 Å². The lowest BCUT2D eigenvalue weighted by Crippen LogP contribution is -2.39. The number of likely N-dealkylation sites (N-methyl/N-ethyl adjacent to an activating group) is 1. The summed E-state index contributed by atoms with van der Waals surface area (Å²) in [5.74, 6) is 0. The summed E-state index contributed by atoms with van der Waals surface area (Å²) in [4.78, 5) is 20.6. The molecule has 0 aromatic carbocycles. The van der Waals surface area contributed by atoms with Crippen LogP contribution in [-0.2, 0) is 12.8 Å². The lowest BCUT2D eigenvalue weighted by Gasteiger charge is -2.29. The molecule has 1 unspecified atom stereocenters. The van der Waals surface area contributed by atoms with Crippen molar-refractivity contribution in [1.29, 1.82) is 0 Å². The molecule has 0 saturated heterocycles. The zero-order valence-corrected chi connectivity index (χ0v) is 16.5. The number of fused-ring (bicyclic) bond motifs is 1. The minimum absolute atomic E-state index is 0.168. The van der Waals surface area contributed by atoms with Gasteiger partial charge in [0.25, 0.3) is 0 Å². The van der Waals surface area contributed by atoms with Gasteiger partial charge >= 0.3 is 6.03 Å². The molecule has 0 bridgehead atoms. The number of nitrogens with one attached hydrogen (secondary N) is 2. The number of aryl methyl sites for hydroxylation is 2. The number of carbonyl (C=O) groups is 1. The van der Waals surface area contributed by atoms with E-state index < -0.39 is 0 Å². The van der Waals surface area contributed by atoms with Gasteiger partial charge in [-0.25, -0.2) is 9.78 Å². The number of urea groups is 1. The van der Waals surface area contributed by atoms with Crippen LogP contribution < -0.4 is 10.6 Å². The van der Waals surface area contributed by atoms with Gasteiger partial charge in [-0.1, -0.05) is 13.8 Å². The van der Waals surface area contributed by atoms with Crippen molar-refractivity contribution in [2.75, 3.05) is 25.0 Å². The lowest BCUT2D eigenvalue weighted by molar-refractivity contribution is 0.210. The Balaban J connectivity index is 1.58. The predicted molar refractivity (Wildman–Crippen MR) is 106 cm³/mol. The number of anilines is 1. The molecule has 2 aromatic rings. The first-order valence-corrected chi connectivity index (χ1v) is 10.8. The molecule has 1 aliphatic carbocycles. The zero-order valence-electron chi connectivity index (χ0n) is 14.9. The van der Waals surface area contributed by atoms with E-state index in [1.807, 2.05) is 0 Å². The zero-order chi connectivity index (χ0) is 17.6. The van der Waals surface area contributed by atoms with Crippen LogP contribution in [0, 0.1) is 0 Å². The fourth-order valence-electron chi connectivity index (χ4n) is 3.32. The second-order valence-electron chi connectivity index (χ2n) is 6.22. The molecule has 2 heterocycles. The number of thiazole rings is 1. The molecule has 5 nitrogen and oxygen atoms in total. The summed E-state index contributed by atoms with van der Waals surface area (Å²) < 4.78 is 0. The number of thiophene rings is 1. The molecule has 2 aromatic heterocycles. The van der Waals surface area contributed by atoms with Crippen LogP contribution in [0.25, 0.3) is 0 Å². The van der Waals surface area contributed by atoms with E-state index in [-0.39, 0.29) is 12.1 Å². The average Bonchev–Trinajstić information content (AvgIpc) is 3.27. The number of aromatic nitrogens is 1. The van der Waals surface area contributed by atoms with Crippen molar-refractivity contribution in [1.82, 2.24) is 15.2 Å². The van der Waals surface area contributed by atoms with Crippen LogP contribution in [-0.4, -0.2) is 35.5 Å². The quantitative estimate of drug-likeness (QED) is 0.756. The van der Waals surface area contributed by atoms with Crippen LogP contribution in [0.4, 0.5) is 9.93 Å². The second-order valence-corrected chi connectivity index (χ2v) is 8.09. The van der Waals surface area contributed by atoms with Gasteiger partial charge in [-0.15, -0.1) is 11.3 Å². The first-order chi connectivity index (χ1) is 12.2. The molecule has 2 amide bonds. The molecule has 0 radical (unpaired) electrons. The van der Waals surface area contributed by atoms with Gasteiger partial charge in [-0.05, 0) is 61.2 Å². The standard InChI is InChI=1S/C18H26N4OS2/c1-3-22(4-2)15(13-9-10-24-12-13)11-19-17(23)21-18-20-14-7-5-6-8-16(14)25-18/h9-10,12,15H,3-8,11H2,1-2H3,(H2,19,20,21,23). The van der Waals surface area contributed by atoms with Crippen LogP contribution in [0.2, 0.25) is 0 Å². The van der Waals surface area contributed by atoms with Gasteiger partial charge < -0.3 is 5.32 Å². The van der Waals surface area contributed by atoms with Gasteiger partial charge in [0.1, 0.15) is 0 Å². The summed E-state index contributed by atoms with van der Waals surface area (Å²) in [6.45, 7) is 6.82. The Labute approximate surface area is 157 Å². The van der Waals surface area contributed by atoms with Crippen molar-refractivity contribution in [3.63, 3.8) is 0 Å². The van der Waals surface area contributed by atoms with E-state index in [1.54, 1.807) is 22.7 Å². The maximum absolute atomic E-state index is 12.3. The number of nitrogens with zero attached hydrogens (tertiary/aromatic N) is 2. The van der Waals surface area contributed by atoms with Crippen molar-refractivity contribution in [3.8, 4) is 0 Å². The van der Waals surface area contributed by atoms with E-state index in [9.17, 15) is 4.79 Å². The predicted octanol–water partition coefficient (Wildman–Crippen LogP) is 4.29. The van der Waals surface area contributed by atoms with E-state index in [1.165, 1.54) is 29.0 Å². The summed E-state index contributed by atoms with van der Waals surface area (Å²) in [6, 6.07) is 2.18. The van der Waals surface area contributed by atoms with Gasteiger partial charge in [0.15, 0.2) is 5.13 Å². The molecule has 0 spiro atoms.